The van der Waals surface area contributed by atoms with E-state index in [9.17, 15) is 0 Å². The zero-order valence-electron chi connectivity index (χ0n) is 13.2. The van der Waals surface area contributed by atoms with Gasteiger partial charge in [0.15, 0.2) is 0 Å². The van der Waals surface area contributed by atoms with E-state index in [1.165, 1.54) is 19.3 Å². The fraction of sp³-hybridized carbons (Fsp3) is 0.786. The Balaban J connectivity index is 2.12. The molecule has 1 atom stereocenters. The van der Waals surface area contributed by atoms with Gasteiger partial charge in [-0.3, -0.25) is 0 Å². The molecule has 1 unspecified atom stereocenters. The molecule has 0 aliphatic carbocycles. The highest BCUT2D eigenvalue weighted by molar-refractivity contribution is 7.99. The average Bonchev–Trinajstić information content (AvgIpc) is 2.53. The van der Waals surface area contributed by atoms with Gasteiger partial charge >= 0.3 is 0 Å². The summed E-state index contributed by atoms with van der Waals surface area (Å²) in [5.41, 5.74) is 0. The molecule has 2 rings (SSSR count). The van der Waals surface area contributed by atoms with Crippen molar-refractivity contribution >= 4 is 29.6 Å². The summed E-state index contributed by atoms with van der Waals surface area (Å²) in [5, 5.41) is 7.05. The average molecular weight is 310 g/mol. The van der Waals surface area contributed by atoms with Crippen LogP contribution in [0.4, 0.5) is 17.8 Å². The maximum atomic E-state index is 4.59. The van der Waals surface area contributed by atoms with Crippen LogP contribution < -0.4 is 15.5 Å². The maximum absolute atomic E-state index is 4.59. The van der Waals surface area contributed by atoms with Crippen LogP contribution in [0, 0.1) is 0 Å². The number of nitrogens with one attached hydrogen (secondary N) is 2. The predicted molar refractivity (Wildman–Crippen MR) is 91.5 cm³/mol. The van der Waals surface area contributed by atoms with E-state index in [-0.39, 0.29) is 0 Å². The van der Waals surface area contributed by atoms with Crippen molar-refractivity contribution in [1.29, 1.82) is 0 Å². The fourth-order valence-electron chi connectivity index (χ4n) is 2.23. The van der Waals surface area contributed by atoms with E-state index in [2.05, 4.69) is 43.7 Å². The molecule has 6 nitrogen and oxygen atoms in total. The zero-order chi connectivity index (χ0) is 15.1. The Kier molecular flexibility index (Phi) is 6.35. The van der Waals surface area contributed by atoms with Crippen LogP contribution in [0.3, 0.4) is 0 Å². The van der Waals surface area contributed by atoms with Crippen LogP contribution in [-0.2, 0) is 0 Å². The Morgan fingerprint density at radius 2 is 1.76 bits per heavy atom. The molecule has 1 aliphatic rings. The van der Waals surface area contributed by atoms with E-state index >= 15 is 0 Å². The molecule has 0 amide bonds. The predicted octanol–water partition coefficient (Wildman–Crippen LogP) is 2.46. The summed E-state index contributed by atoms with van der Waals surface area (Å²) in [6.07, 6.45) is 5.85. The van der Waals surface area contributed by atoms with E-state index in [0.717, 1.165) is 32.1 Å². The minimum absolute atomic E-state index is 0.530. The van der Waals surface area contributed by atoms with Gasteiger partial charge in [0.05, 0.1) is 0 Å². The van der Waals surface area contributed by atoms with Crippen molar-refractivity contribution in [2.75, 3.05) is 48.0 Å². The van der Waals surface area contributed by atoms with E-state index in [4.69, 9.17) is 0 Å². The molecular weight excluding hydrogens is 284 g/mol. The Labute approximate surface area is 131 Å². The molecule has 0 saturated carbocycles. The largest absolute Gasteiger partial charge is 0.354 e. The zero-order valence-corrected chi connectivity index (χ0v) is 14.0. The van der Waals surface area contributed by atoms with Crippen molar-refractivity contribution in [3.05, 3.63) is 0 Å². The van der Waals surface area contributed by atoms with E-state index in [0.29, 0.717) is 17.1 Å². The first-order valence-corrected chi connectivity index (χ1v) is 9.03. The van der Waals surface area contributed by atoms with Crippen LogP contribution in [-0.4, -0.2) is 52.6 Å². The first-order chi connectivity index (χ1) is 10.2. The number of anilines is 3. The molecule has 1 saturated heterocycles. The lowest BCUT2D eigenvalue weighted by Crippen LogP contribution is -2.31. The number of aromatic nitrogens is 3. The van der Waals surface area contributed by atoms with E-state index < -0.39 is 0 Å². The van der Waals surface area contributed by atoms with E-state index in [1.54, 1.807) is 0 Å². The second-order valence-electron chi connectivity index (χ2n) is 5.29. The van der Waals surface area contributed by atoms with Crippen molar-refractivity contribution < 1.29 is 0 Å². The molecule has 118 valence electrons. The minimum Gasteiger partial charge on any atom is -0.354 e. The molecule has 1 aromatic rings. The van der Waals surface area contributed by atoms with Crippen molar-refractivity contribution in [2.24, 2.45) is 0 Å². The molecule has 7 heteroatoms. The molecule has 0 bridgehead atoms. The van der Waals surface area contributed by atoms with Crippen molar-refractivity contribution in [3.8, 4) is 0 Å². The highest BCUT2D eigenvalue weighted by Crippen LogP contribution is 2.18. The normalized spacial score (nSPS) is 16.6. The smallest absolute Gasteiger partial charge is 0.231 e. The Morgan fingerprint density at radius 1 is 1.10 bits per heavy atom. The SMILES string of the molecule is CCNc1nc(NCC(C)SC)nc(N2CCCCC2)n1. The summed E-state index contributed by atoms with van der Waals surface area (Å²) in [7, 11) is 0. The highest BCUT2D eigenvalue weighted by Gasteiger charge is 2.16. The molecule has 2 heterocycles. The second-order valence-corrected chi connectivity index (χ2v) is 6.56. The Morgan fingerprint density at radius 3 is 2.38 bits per heavy atom. The first kappa shape index (κ1) is 16.1. The first-order valence-electron chi connectivity index (χ1n) is 7.74. The molecule has 1 aromatic heterocycles. The van der Waals surface area contributed by atoms with Gasteiger partial charge in [-0.15, -0.1) is 0 Å². The summed E-state index contributed by atoms with van der Waals surface area (Å²) < 4.78 is 0. The molecule has 1 aliphatic heterocycles. The van der Waals surface area contributed by atoms with Crippen LogP contribution in [0.1, 0.15) is 33.1 Å². The van der Waals surface area contributed by atoms with Gasteiger partial charge in [-0.1, -0.05) is 6.92 Å². The van der Waals surface area contributed by atoms with Crippen LogP contribution in [0.25, 0.3) is 0 Å². The van der Waals surface area contributed by atoms with Crippen LogP contribution in [0.5, 0.6) is 0 Å². The van der Waals surface area contributed by atoms with Crippen molar-refractivity contribution in [1.82, 2.24) is 15.0 Å². The lowest BCUT2D eigenvalue weighted by Gasteiger charge is -2.27. The molecular formula is C14H26N6S. The Bertz CT molecular complexity index is 435. The van der Waals surface area contributed by atoms with Crippen LogP contribution >= 0.6 is 11.8 Å². The number of rotatable bonds is 7. The topological polar surface area (TPSA) is 66.0 Å². The molecule has 21 heavy (non-hydrogen) atoms. The summed E-state index contributed by atoms with van der Waals surface area (Å²) in [5.74, 6) is 2.12. The standard InChI is InChI=1S/C14H26N6S/c1-4-15-12-17-13(16-10-11(2)21-3)19-14(18-12)20-8-6-5-7-9-20/h11H,4-10H2,1-3H3,(H2,15,16,17,18,19). The summed E-state index contributed by atoms with van der Waals surface area (Å²) in [6.45, 7) is 7.98. The molecule has 2 N–H and O–H groups in total. The quantitative estimate of drug-likeness (QED) is 0.802. The minimum atomic E-state index is 0.530. The van der Waals surface area contributed by atoms with Gasteiger partial charge in [-0.2, -0.15) is 26.7 Å². The summed E-state index contributed by atoms with van der Waals surface area (Å²) in [4.78, 5) is 15.8. The maximum Gasteiger partial charge on any atom is 0.231 e. The Hall–Kier alpha value is -1.24. The van der Waals surface area contributed by atoms with Gasteiger partial charge in [0.2, 0.25) is 17.8 Å². The van der Waals surface area contributed by atoms with Crippen LogP contribution in [0.2, 0.25) is 0 Å². The van der Waals surface area contributed by atoms with E-state index in [1.807, 2.05) is 18.7 Å². The monoisotopic (exact) mass is 310 g/mol. The van der Waals surface area contributed by atoms with Crippen molar-refractivity contribution in [2.45, 2.75) is 38.4 Å². The molecule has 1 fully saturated rings. The summed E-state index contributed by atoms with van der Waals surface area (Å²) in [6, 6.07) is 0. The lowest BCUT2D eigenvalue weighted by molar-refractivity contribution is 0.568. The van der Waals surface area contributed by atoms with Gasteiger partial charge in [0, 0.05) is 31.4 Å². The summed E-state index contributed by atoms with van der Waals surface area (Å²) >= 11 is 1.83. The second kappa shape index (κ2) is 8.26. The van der Waals surface area contributed by atoms with Gasteiger partial charge in [0.1, 0.15) is 0 Å². The van der Waals surface area contributed by atoms with Crippen LogP contribution in [0.15, 0.2) is 0 Å². The van der Waals surface area contributed by atoms with Crippen molar-refractivity contribution in [3.63, 3.8) is 0 Å². The third kappa shape index (κ3) is 4.91. The van der Waals surface area contributed by atoms with Gasteiger partial charge in [-0.25, -0.2) is 0 Å². The molecule has 0 spiro atoms. The van der Waals surface area contributed by atoms with Gasteiger partial charge in [0.25, 0.3) is 0 Å². The number of nitrogens with zero attached hydrogens (tertiary/aromatic N) is 4. The number of hydrogen-bond donors (Lipinski definition) is 2. The molecule has 0 radical (unpaired) electrons. The van der Waals surface area contributed by atoms with Gasteiger partial charge in [-0.05, 0) is 32.4 Å². The lowest BCUT2D eigenvalue weighted by atomic mass is 10.1. The molecule has 0 aromatic carbocycles. The number of hydrogen-bond acceptors (Lipinski definition) is 7. The number of thioether (sulfide) groups is 1. The highest BCUT2D eigenvalue weighted by atomic mass is 32.2. The number of piperidine rings is 1. The third-order valence-electron chi connectivity index (χ3n) is 3.55. The van der Waals surface area contributed by atoms with Gasteiger partial charge < -0.3 is 15.5 Å². The fourth-order valence-corrected chi connectivity index (χ4v) is 2.48. The third-order valence-corrected chi connectivity index (χ3v) is 4.52.